The summed E-state index contributed by atoms with van der Waals surface area (Å²) in [5.74, 6) is 1.02. The fourth-order valence-corrected chi connectivity index (χ4v) is 5.75. The lowest BCUT2D eigenvalue weighted by Gasteiger charge is -2.41. The van der Waals surface area contributed by atoms with Crippen LogP contribution < -0.4 is 14.4 Å². The number of amides is 1. The highest BCUT2D eigenvalue weighted by atomic mass is 16.5. The Morgan fingerprint density at radius 1 is 0.806 bits per heavy atom. The van der Waals surface area contributed by atoms with Gasteiger partial charge >= 0.3 is 0 Å². The van der Waals surface area contributed by atoms with E-state index in [1.807, 2.05) is 62.4 Å². The summed E-state index contributed by atoms with van der Waals surface area (Å²) in [4.78, 5) is 29.6. The van der Waals surface area contributed by atoms with Gasteiger partial charge in [-0.15, -0.1) is 0 Å². The zero-order valence-corrected chi connectivity index (χ0v) is 21.2. The Morgan fingerprint density at radius 3 is 2.19 bits per heavy atom. The molecule has 1 heterocycles. The highest BCUT2D eigenvalue weighted by Gasteiger charge is 2.43. The first-order valence-electron chi connectivity index (χ1n) is 12.3. The number of aryl methyl sites for hydroxylation is 2. The summed E-state index contributed by atoms with van der Waals surface area (Å²) < 4.78 is 11.1. The average Bonchev–Trinajstić information content (AvgIpc) is 2.87. The van der Waals surface area contributed by atoms with Crippen LogP contribution in [0.5, 0.6) is 11.5 Å². The number of ether oxygens (including phenoxy) is 2. The van der Waals surface area contributed by atoms with Crippen LogP contribution in [0.1, 0.15) is 53.4 Å². The molecule has 0 radical (unpaired) electrons. The highest BCUT2D eigenvalue weighted by molar-refractivity contribution is 6.08. The minimum Gasteiger partial charge on any atom is -0.497 e. The van der Waals surface area contributed by atoms with E-state index in [1.54, 1.807) is 19.1 Å². The minimum absolute atomic E-state index is 0.0182. The highest BCUT2D eigenvalue weighted by Crippen LogP contribution is 2.49. The van der Waals surface area contributed by atoms with Crippen LogP contribution in [0.3, 0.4) is 0 Å². The van der Waals surface area contributed by atoms with Crippen LogP contribution in [-0.4, -0.2) is 25.9 Å². The number of hydrogen-bond donors (Lipinski definition) is 0. The van der Waals surface area contributed by atoms with Gasteiger partial charge in [-0.3, -0.25) is 14.5 Å². The van der Waals surface area contributed by atoms with Crippen LogP contribution >= 0.6 is 0 Å². The second kappa shape index (κ2) is 9.65. The normalized spacial score (nSPS) is 19.8. The van der Waals surface area contributed by atoms with Gasteiger partial charge < -0.3 is 9.47 Å². The molecule has 0 bridgehead atoms. The Morgan fingerprint density at radius 2 is 1.53 bits per heavy atom. The van der Waals surface area contributed by atoms with E-state index in [4.69, 9.17) is 9.47 Å². The van der Waals surface area contributed by atoms with E-state index < -0.39 is 0 Å². The molecule has 0 aromatic heterocycles. The number of anilines is 1. The number of carbonyl (C=O) groups excluding carboxylic acids is 2. The lowest BCUT2D eigenvalue weighted by atomic mass is 9.72. The SMILES string of the molecule is COc1ccc(OC)c(C2CC(=O)N(c3cc(C)cc(C)c3)C3=C2C(=O)CC(c2ccccc2)C3)c1. The number of ketones is 1. The molecule has 2 unspecified atom stereocenters. The lowest BCUT2D eigenvalue weighted by molar-refractivity contribution is -0.120. The molecule has 3 aromatic carbocycles. The van der Waals surface area contributed by atoms with E-state index in [1.165, 1.54) is 0 Å². The molecule has 2 atom stereocenters. The predicted molar refractivity (Wildman–Crippen MR) is 141 cm³/mol. The van der Waals surface area contributed by atoms with Crippen molar-refractivity contribution in [3.05, 3.63) is 100 Å². The first-order valence-corrected chi connectivity index (χ1v) is 12.3. The molecular weight excluding hydrogens is 450 g/mol. The summed E-state index contributed by atoms with van der Waals surface area (Å²) in [6, 6.07) is 21.8. The molecule has 1 aliphatic heterocycles. The molecule has 5 rings (SSSR count). The Balaban J connectivity index is 1.70. The molecule has 5 nitrogen and oxygen atoms in total. The van der Waals surface area contributed by atoms with Crippen molar-refractivity contribution in [2.45, 2.75) is 44.9 Å². The Bertz CT molecular complexity index is 1340. The minimum atomic E-state index is -0.385. The molecule has 5 heteroatoms. The van der Waals surface area contributed by atoms with Gasteiger partial charge in [0.1, 0.15) is 11.5 Å². The largest absolute Gasteiger partial charge is 0.497 e. The third-order valence-electron chi connectivity index (χ3n) is 7.28. The standard InChI is InChI=1S/C31H31NO4/c1-19-12-20(2)14-23(13-19)32-27-15-22(21-8-6-5-7-9-21)16-28(33)31(27)26(18-30(32)34)25-17-24(35-3)10-11-29(25)36-4/h5-14,17,22,26H,15-16,18H2,1-4H3. The van der Waals surface area contributed by atoms with Crippen molar-refractivity contribution in [3.8, 4) is 11.5 Å². The molecule has 0 N–H and O–H groups in total. The van der Waals surface area contributed by atoms with Gasteiger partial charge in [-0.1, -0.05) is 36.4 Å². The first-order chi connectivity index (χ1) is 17.4. The van der Waals surface area contributed by atoms with Gasteiger partial charge in [-0.25, -0.2) is 0 Å². The van der Waals surface area contributed by atoms with E-state index in [2.05, 4.69) is 18.2 Å². The maximum Gasteiger partial charge on any atom is 0.232 e. The summed E-state index contributed by atoms with van der Waals surface area (Å²) in [7, 11) is 3.22. The Kier molecular flexibility index (Phi) is 6.40. The molecule has 0 fully saturated rings. The number of nitrogens with zero attached hydrogens (tertiary/aromatic N) is 1. The van der Waals surface area contributed by atoms with E-state index in [9.17, 15) is 9.59 Å². The number of carbonyl (C=O) groups is 2. The second-order valence-corrected chi connectivity index (χ2v) is 9.74. The number of rotatable bonds is 5. The first kappa shape index (κ1) is 23.9. The van der Waals surface area contributed by atoms with Crippen molar-refractivity contribution in [2.75, 3.05) is 19.1 Å². The van der Waals surface area contributed by atoms with Crippen molar-refractivity contribution >= 4 is 17.4 Å². The molecule has 0 spiro atoms. The topological polar surface area (TPSA) is 55.8 Å². The van der Waals surface area contributed by atoms with Gasteiger partial charge in [0, 0.05) is 41.3 Å². The molecule has 1 amide bonds. The quantitative estimate of drug-likeness (QED) is 0.433. The fourth-order valence-electron chi connectivity index (χ4n) is 5.75. The van der Waals surface area contributed by atoms with Crippen LogP contribution in [0, 0.1) is 13.8 Å². The molecule has 3 aromatic rings. The van der Waals surface area contributed by atoms with Gasteiger partial charge in [0.15, 0.2) is 5.78 Å². The van der Waals surface area contributed by atoms with Crippen LogP contribution in [0.4, 0.5) is 5.69 Å². The number of Topliss-reactive ketones (excluding diaryl/α,β-unsaturated/α-hetero) is 1. The lowest BCUT2D eigenvalue weighted by Crippen LogP contribution is -2.42. The molecule has 184 valence electrons. The van der Waals surface area contributed by atoms with Crippen LogP contribution in [0.25, 0.3) is 0 Å². The summed E-state index contributed by atoms with van der Waals surface area (Å²) in [6.07, 6.45) is 1.23. The maximum atomic E-state index is 13.9. The van der Waals surface area contributed by atoms with Crippen LogP contribution in [0.15, 0.2) is 78.0 Å². The van der Waals surface area contributed by atoms with Crippen molar-refractivity contribution in [1.82, 2.24) is 0 Å². The summed E-state index contributed by atoms with van der Waals surface area (Å²) in [6.45, 7) is 4.06. The zero-order chi connectivity index (χ0) is 25.4. The Labute approximate surface area is 212 Å². The third-order valence-corrected chi connectivity index (χ3v) is 7.28. The number of benzene rings is 3. The molecular formula is C31H31NO4. The number of methoxy groups -OCH3 is 2. The van der Waals surface area contributed by atoms with E-state index in [0.29, 0.717) is 29.9 Å². The average molecular weight is 482 g/mol. The fraction of sp³-hybridized carbons (Fsp3) is 0.290. The summed E-state index contributed by atoms with van der Waals surface area (Å²) in [5.41, 5.74) is 6.43. The smallest absolute Gasteiger partial charge is 0.232 e. The van der Waals surface area contributed by atoms with E-state index in [0.717, 1.165) is 33.6 Å². The van der Waals surface area contributed by atoms with Gasteiger partial charge in [0.2, 0.25) is 5.91 Å². The molecule has 1 aliphatic carbocycles. The monoisotopic (exact) mass is 481 g/mol. The van der Waals surface area contributed by atoms with Crippen molar-refractivity contribution in [1.29, 1.82) is 0 Å². The van der Waals surface area contributed by atoms with Crippen molar-refractivity contribution in [3.63, 3.8) is 0 Å². The maximum absolute atomic E-state index is 13.9. The third kappa shape index (κ3) is 4.30. The molecule has 2 aliphatic rings. The van der Waals surface area contributed by atoms with Crippen molar-refractivity contribution < 1.29 is 19.1 Å². The summed E-state index contributed by atoms with van der Waals surface area (Å²) >= 11 is 0. The number of allylic oxidation sites excluding steroid dienone is 2. The number of hydrogen-bond acceptors (Lipinski definition) is 4. The zero-order valence-electron chi connectivity index (χ0n) is 21.2. The second-order valence-electron chi connectivity index (χ2n) is 9.74. The van der Waals surface area contributed by atoms with Crippen LogP contribution in [0.2, 0.25) is 0 Å². The van der Waals surface area contributed by atoms with Crippen molar-refractivity contribution in [2.24, 2.45) is 0 Å². The van der Waals surface area contributed by atoms with E-state index in [-0.39, 0.29) is 29.9 Å². The van der Waals surface area contributed by atoms with E-state index >= 15 is 0 Å². The van der Waals surface area contributed by atoms with Gasteiger partial charge in [0.25, 0.3) is 0 Å². The summed E-state index contributed by atoms with van der Waals surface area (Å²) in [5, 5.41) is 0. The predicted octanol–water partition coefficient (Wildman–Crippen LogP) is 6.24. The van der Waals surface area contributed by atoms with Gasteiger partial charge in [-0.05, 0) is 73.2 Å². The molecule has 36 heavy (non-hydrogen) atoms. The van der Waals surface area contributed by atoms with Crippen LogP contribution in [-0.2, 0) is 9.59 Å². The van der Waals surface area contributed by atoms with Gasteiger partial charge in [0.05, 0.1) is 14.2 Å². The molecule has 0 saturated carbocycles. The Hall–Kier alpha value is -3.86. The molecule has 0 saturated heterocycles. The van der Waals surface area contributed by atoms with Gasteiger partial charge in [-0.2, -0.15) is 0 Å².